The van der Waals surface area contributed by atoms with Gasteiger partial charge in [-0.3, -0.25) is 0 Å². The first-order valence-corrected chi connectivity index (χ1v) is 5.78. The summed E-state index contributed by atoms with van der Waals surface area (Å²) in [6.45, 7) is 14.4. The molecule has 0 fully saturated rings. The number of rotatable bonds is 3. The third-order valence-corrected chi connectivity index (χ3v) is 2.28. The van der Waals surface area contributed by atoms with Crippen LogP contribution in [-0.2, 0) is 0 Å². The summed E-state index contributed by atoms with van der Waals surface area (Å²) in [5.41, 5.74) is 2.25. The van der Waals surface area contributed by atoms with Crippen molar-refractivity contribution in [1.82, 2.24) is 0 Å². The molecule has 0 saturated heterocycles. The Labute approximate surface area is 99.1 Å². The second-order valence-electron chi connectivity index (χ2n) is 5.41. The molecular formula is C15H22O. The highest BCUT2D eigenvalue weighted by molar-refractivity contribution is 5.52. The quantitative estimate of drug-likeness (QED) is 0.718. The maximum Gasteiger partial charge on any atom is 0.120 e. The minimum atomic E-state index is -0.159. The van der Waals surface area contributed by atoms with Gasteiger partial charge in [-0.1, -0.05) is 32.6 Å². The fourth-order valence-corrected chi connectivity index (χ4v) is 1.51. The van der Waals surface area contributed by atoms with E-state index >= 15 is 0 Å². The van der Waals surface area contributed by atoms with Crippen LogP contribution in [0, 0.1) is 0 Å². The van der Waals surface area contributed by atoms with E-state index in [-0.39, 0.29) is 5.60 Å². The first-order chi connectivity index (χ1) is 7.31. The zero-order valence-corrected chi connectivity index (χ0v) is 11.0. The van der Waals surface area contributed by atoms with E-state index in [0.29, 0.717) is 5.92 Å². The van der Waals surface area contributed by atoms with Gasteiger partial charge in [0.1, 0.15) is 11.4 Å². The summed E-state index contributed by atoms with van der Waals surface area (Å²) in [7, 11) is 0. The van der Waals surface area contributed by atoms with Crippen LogP contribution in [0.1, 0.15) is 51.7 Å². The molecule has 0 heterocycles. The van der Waals surface area contributed by atoms with Crippen LogP contribution >= 0.6 is 0 Å². The van der Waals surface area contributed by atoms with Crippen LogP contribution in [0.15, 0.2) is 24.8 Å². The van der Waals surface area contributed by atoms with Crippen LogP contribution in [-0.4, -0.2) is 5.60 Å². The van der Waals surface area contributed by atoms with E-state index in [1.54, 1.807) is 0 Å². The molecule has 0 N–H and O–H groups in total. The molecular weight excluding hydrogens is 196 g/mol. The van der Waals surface area contributed by atoms with Gasteiger partial charge in [-0.25, -0.2) is 0 Å². The highest BCUT2D eigenvalue weighted by Crippen LogP contribution is 2.26. The average molecular weight is 218 g/mol. The largest absolute Gasteiger partial charge is 0.488 e. The Balaban J connectivity index is 3.09. The Morgan fingerprint density at radius 3 is 2.25 bits per heavy atom. The standard InChI is InChI=1S/C15H22O/c1-7-12-8-13(11(2)3)10-14(9-12)16-15(4,5)6/h7-11H,1H2,2-6H3. The van der Waals surface area contributed by atoms with E-state index < -0.39 is 0 Å². The first kappa shape index (κ1) is 12.8. The van der Waals surface area contributed by atoms with Crippen LogP contribution in [0.5, 0.6) is 5.75 Å². The Kier molecular flexibility index (Phi) is 3.79. The van der Waals surface area contributed by atoms with E-state index in [4.69, 9.17) is 4.74 Å². The third-order valence-electron chi connectivity index (χ3n) is 2.28. The fourth-order valence-electron chi connectivity index (χ4n) is 1.51. The van der Waals surface area contributed by atoms with E-state index in [9.17, 15) is 0 Å². The highest BCUT2D eigenvalue weighted by Gasteiger charge is 2.13. The summed E-state index contributed by atoms with van der Waals surface area (Å²) in [6.07, 6.45) is 1.86. The second-order valence-corrected chi connectivity index (χ2v) is 5.41. The van der Waals surface area contributed by atoms with Crippen LogP contribution in [0.25, 0.3) is 6.08 Å². The van der Waals surface area contributed by atoms with Gasteiger partial charge in [-0.05, 0) is 49.9 Å². The lowest BCUT2D eigenvalue weighted by molar-refractivity contribution is 0.131. The van der Waals surface area contributed by atoms with Gasteiger partial charge in [0.2, 0.25) is 0 Å². The molecule has 0 bridgehead atoms. The van der Waals surface area contributed by atoms with Crippen molar-refractivity contribution in [2.45, 2.75) is 46.1 Å². The summed E-state index contributed by atoms with van der Waals surface area (Å²) >= 11 is 0. The molecule has 0 aliphatic heterocycles. The lowest BCUT2D eigenvalue weighted by atomic mass is 10.00. The van der Waals surface area contributed by atoms with Crippen molar-refractivity contribution >= 4 is 6.08 Å². The van der Waals surface area contributed by atoms with E-state index in [1.165, 1.54) is 5.56 Å². The lowest BCUT2D eigenvalue weighted by Crippen LogP contribution is -2.23. The van der Waals surface area contributed by atoms with Crippen molar-refractivity contribution in [1.29, 1.82) is 0 Å². The van der Waals surface area contributed by atoms with Crippen LogP contribution < -0.4 is 4.74 Å². The predicted molar refractivity (Wildman–Crippen MR) is 71.0 cm³/mol. The fraction of sp³-hybridized carbons (Fsp3) is 0.467. The minimum absolute atomic E-state index is 0.159. The molecule has 1 aromatic carbocycles. The average Bonchev–Trinajstić information content (AvgIpc) is 2.14. The van der Waals surface area contributed by atoms with Gasteiger partial charge in [-0.2, -0.15) is 0 Å². The Morgan fingerprint density at radius 2 is 1.81 bits per heavy atom. The van der Waals surface area contributed by atoms with Crippen molar-refractivity contribution < 1.29 is 4.74 Å². The zero-order chi connectivity index (χ0) is 12.3. The summed E-state index contributed by atoms with van der Waals surface area (Å²) in [4.78, 5) is 0. The van der Waals surface area contributed by atoms with Crippen LogP contribution in [0.4, 0.5) is 0 Å². The van der Waals surface area contributed by atoms with Crippen molar-refractivity contribution in [2.24, 2.45) is 0 Å². The van der Waals surface area contributed by atoms with Crippen molar-refractivity contribution in [2.75, 3.05) is 0 Å². The molecule has 0 saturated carbocycles. The SMILES string of the molecule is C=Cc1cc(OC(C)(C)C)cc(C(C)C)c1. The Morgan fingerprint density at radius 1 is 1.19 bits per heavy atom. The molecule has 88 valence electrons. The molecule has 1 rings (SSSR count). The predicted octanol–water partition coefficient (Wildman–Crippen LogP) is 4.63. The summed E-state index contributed by atoms with van der Waals surface area (Å²) in [5, 5.41) is 0. The molecule has 0 aliphatic rings. The lowest BCUT2D eigenvalue weighted by Gasteiger charge is -2.22. The first-order valence-electron chi connectivity index (χ1n) is 5.78. The van der Waals surface area contributed by atoms with E-state index in [0.717, 1.165) is 11.3 Å². The van der Waals surface area contributed by atoms with Gasteiger partial charge in [0.15, 0.2) is 0 Å². The normalized spacial score (nSPS) is 11.6. The smallest absolute Gasteiger partial charge is 0.120 e. The molecule has 0 spiro atoms. The molecule has 16 heavy (non-hydrogen) atoms. The molecule has 0 aliphatic carbocycles. The Hall–Kier alpha value is -1.24. The van der Waals surface area contributed by atoms with Gasteiger partial charge in [0.05, 0.1) is 0 Å². The number of benzene rings is 1. The number of ether oxygens (including phenoxy) is 1. The van der Waals surface area contributed by atoms with Gasteiger partial charge >= 0.3 is 0 Å². The van der Waals surface area contributed by atoms with E-state index in [2.05, 4.69) is 53.3 Å². The van der Waals surface area contributed by atoms with E-state index in [1.807, 2.05) is 12.1 Å². The van der Waals surface area contributed by atoms with Gasteiger partial charge < -0.3 is 4.74 Å². The number of hydrogen-bond donors (Lipinski definition) is 0. The third kappa shape index (κ3) is 3.73. The second kappa shape index (κ2) is 4.73. The summed E-state index contributed by atoms with van der Waals surface area (Å²) in [6, 6.07) is 6.31. The van der Waals surface area contributed by atoms with Crippen molar-refractivity contribution in [3.63, 3.8) is 0 Å². The molecule has 0 unspecified atom stereocenters. The summed E-state index contributed by atoms with van der Waals surface area (Å²) in [5.74, 6) is 1.43. The molecule has 0 aromatic heterocycles. The highest BCUT2D eigenvalue weighted by atomic mass is 16.5. The molecule has 1 nitrogen and oxygen atoms in total. The summed E-state index contributed by atoms with van der Waals surface area (Å²) < 4.78 is 5.89. The minimum Gasteiger partial charge on any atom is -0.488 e. The maximum atomic E-state index is 5.89. The molecule has 1 aromatic rings. The molecule has 0 amide bonds. The Bertz CT molecular complexity index is 370. The van der Waals surface area contributed by atoms with Crippen molar-refractivity contribution in [3.05, 3.63) is 35.9 Å². The van der Waals surface area contributed by atoms with Crippen molar-refractivity contribution in [3.8, 4) is 5.75 Å². The van der Waals surface area contributed by atoms with Gasteiger partial charge in [0, 0.05) is 0 Å². The monoisotopic (exact) mass is 218 g/mol. The topological polar surface area (TPSA) is 9.23 Å². The maximum absolute atomic E-state index is 5.89. The molecule has 1 heteroatoms. The van der Waals surface area contributed by atoms with Gasteiger partial charge in [-0.15, -0.1) is 0 Å². The zero-order valence-electron chi connectivity index (χ0n) is 11.0. The van der Waals surface area contributed by atoms with Gasteiger partial charge in [0.25, 0.3) is 0 Å². The van der Waals surface area contributed by atoms with Crippen LogP contribution in [0.2, 0.25) is 0 Å². The molecule has 0 radical (unpaired) electrons. The van der Waals surface area contributed by atoms with Crippen LogP contribution in [0.3, 0.4) is 0 Å². The molecule has 0 atom stereocenters. The number of hydrogen-bond acceptors (Lipinski definition) is 1.